The van der Waals surface area contributed by atoms with Crippen LogP contribution in [-0.4, -0.2) is 23.8 Å². The van der Waals surface area contributed by atoms with Gasteiger partial charge in [0.25, 0.3) is 0 Å². The van der Waals surface area contributed by atoms with Crippen molar-refractivity contribution in [2.45, 2.75) is 26.4 Å². The predicted molar refractivity (Wildman–Crippen MR) is 65.7 cm³/mol. The van der Waals surface area contributed by atoms with E-state index in [-0.39, 0.29) is 5.84 Å². The Hall–Kier alpha value is -1.91. The Morgan fingerprint density at radius 3 is 2.53 bits per heavy atom. The molecule has 0 aromatic heterocycles. The van der Waals surface area contributed by atoms with Gasteiger partial charge in [-0.3, -0.25) is 0 Å². The van der Waals surface area contributed by atoms with Gasteiger partial charge in [0.2, 0.25) is 0 Å². The fourth-order valence-corrected chi connectivity index (χ4v) is 1.39. The fourth-order valence-electron chi connectivity index (χ4n) is 1.39. The van der Waals surface area contributed by atoms with E-state index in [1.54, 1.807) is 6.07 Å². The Labute approximate surface area is 101 Å². The zero-order chi connectivity index (χ0) is 12.7. The number of nitrogens with zero attached hydrogens (tertiary/aromatic N) is 1. The third-order valence-corrected chi connectivity index (χ3v) is 2.23. The van der Waals surface area contributed by atoms with Crippen molar-refractivity contribution in [2.24, 2.45) is 10.9 Å². The third-order valence-electron chi connectivity index (χ3n) is 2.23. The number of benzene rings is 1. The van der Waals surface area contributed by atoms with Crippen LogP contribution < -0.4 is 15.2 Å². The lowest BCUT2D eigenvalue weighted by atomic mass is 10.2. The van der Waals surface area contributed by atoms with E-state index in [9.17, 15) is 0 Å². The third kappa shape index (κ3) is 3.55. The summed E-state index contributed by atoms with van der Waals surface area (Å²) in [6, 6.07) is 7.31. The van der Waals surface area contributed by atoms with Gasteiger partial charge in [-0.1, -0.05) is 24.2 Å². The van der Waals surface area contributed by atoms with E-state index >= 15 is 0 Å². The summed E-state index contributed by atoms with van der Waals surface area (Å²) in [7, 11) is 0. The van der Waals surface area contributed by atoms with Gasteiger partial charge in [0.05, 0.1) is 6.61 Å². The number of amidine groups is 1. The molecule has 0 heterocycles. The first-order valence-electron chi connectivity index (χ1n) is 5.58. The zero-order valence-electron chi connectivity index (χ0n) is 10.1. The molecule has 17 heavy (non-hydrogen) atoms. The molecule has 0 aliphatic carbocycles. The molecule has 1 aromatic rings. The van der Waals surface area contributed by atoms with Gasteiger partial charge in [-0.2, -0.15) is 0 Å². The van der Waals surface area contributed by atoms with Crippen LogP contribution in [0.15, 0.2) is 29.4 Å². The number of hydrogen-bond donors (Lipinski definition) is 2. The van der Waals surface area contributed by atoms with Crippen LogP contribution >= 0.6 is 0 Å². The van der Waals surface area contributed by atoms with Crippen LogP contribution in [0.5, 0.6) is 11.5 Å². The van der Waals surface area contributed by atoms with Crippen LogP contribution in [-0.2, 0) is 0 Å². The largest absolute Gasteiger partial charge is 0.490 e. The average molecular weight is 238 g/mol. The fraction of sp³-hybridized carbons (Fsp3) is 0.417. The van der Waals surface area contributed by atoms with E-state index in [2.05, 4.69) is 5.16 Å². The molecule has 5 nitrogen and oxygen atoms in total. The smallest absolute Gasteiger partial charge is 0.180 e. The summed E-state index contributed by atoms with van der Waals surface area (Å²) >= 11 is 0. The minimum Gasteiger partial charge on any atom is -0.490 e. The van der Waals surface area contributed by atoms with Crippen molar-refractivity contribution in [1.82, 2.24) is 0 Å². The van der Waals surface area contributed by atoms with Gasteiger partial charge in [-0.25, -0.2) is 0 Å². The maximum Gasteiger partial charge on any atom is 0.180 e. The molecule has 94 valence electrons. The molecule has 0 aliphatic rings. The molecular formula is C12H18N2O3. The molecule has 1 atom stereocenters. The average Bonchev–Trinajstić information content (AvgIpc) is 2.37. The summed E-state index contributed by atoms with van der Waals surface area (Å²) < 4.78 is 11.1. The molecule has 1 unspecified atom stereocenters. The normalized spacial score (nSPS) is 13.2. The highest BCUT2D eigenvalue weighted by atomic mass is 16.5. The molecule has 0 fully saturated rings. The highest BCUT2D eigenvalue weighted by Gasteiger charge is 2.15. The van der Waals surface area contributed by atoms with Crippen molar-refractivity contribution < 1.29 is 14.7 Å². The Bertz CT molecular complexity index is 380. The molecule has 0 amide bonds. The number of oxime groups is 1. The van der Waals surface area contributed by atoms with Crippen LogP contribution in [0.2, 0.25) is 0 Å². The topological polar surface area (TPSA) is 77.1 Å². The molecular weight excluding hydrogens is 220 g/mol. The van der Waals surface area contributed by atoms with Gasteiger partial charge < -0.3 is 20.4 Å². The van der Waals surface area contributed by atoms with E-state index in [0.717, 1.165) is 0 Å². The van der Waals surface area contributed by atoms with Crippen LogP contribution in [0.4, 0.5) is 0 Å². The maximum absolute atomic E-state index is 8.64. The second-order valence-corrected chi connectivity index (χ2v) is 3.42. The van der Waals surface area contributed by atoms with Gasteiger partial charge in [0.1, 0.15) is 0 Å². The molecule has 0 spiro atoms. The molecule has 0 saturated carbocycles. The lowest BCUT2D eigenvalue weighted by Gasteiger charge is -2.18. The maximum atomic E-state index is 8.64. The van der Waals surface area contributed by atoms with Crippen molar-refractivity contribution in [3.63, 3.8) is 0 Å². The lowest BCUT2D eigenvalue weighted by molar-refractivity contribution is 0.230. The standard InChI is InChI=1S/C12H18N2O3/c1-3-9(12(13)14-15)17-11-8-6-5-7-10(11)16-4-2/h5-9,15H,3-4H2,1-2H3,(H2,13,14). The van der Waals surface area contributed by atoms with Gasteiger partial charge in [-0.15, -0.1) is 0 Å². The Morgan fingerprint density at radius 1 is 1.35 bits per heavy atom. The van der Waals surface area contributed by atoms with E-state index in [0.29, 0.717) is 24.5 Å². The number of ether oxygens (including phenoxy) is 2. The molecule has 0 bridgehead atoms. The Balaban J connectivity index is 2.85. The summed E-state index contributed by atoms with van der Waals surface area (Å²) in [5.41, 5.74) is 5.53. The molecule has 1 rings (SSSR count). The summed E-state index contributed by atoms with van der Waals surface area (Å²) in [5.74, 6) is 1.30. The molecule has 5 heteroatoms. The first-order chi connectivity index (χ1) is 8.22. The summed E-state index contributed by atoms with van der Waals surface area (Å²) in [4.78, 5) is 0. The molecule has 0 radical (unpaired) electrons. The van der Waals surface area contributed by atoms with Gasteiger partial charge >= 0.3 is 0 Å². The number of rotatable bonds is 6. The molecule has 0 saturated heterocycles. The zero-order valence-corrected chi connectivity index (χ0v) is 10.1. The summed E-state index contributed by atoms with van der Waals surface area (Å²) in [6.07, 6.45) is 0.151. The van der Waals surface area contributed by atoms with Crippen LogP contribution in [0, 0.1) is 0 Å². The molecule has 3 N–H and O–H groups in total. The van der Waals surface area contributed by atoms with E-state index in [4.69, 9.17) is 20.4 Å². The van der Waals surface area contributed by atoms with Crippen LogP contribution in [0.25, 0.3) is 0 Å². The molecule has 1 aromatic carbocycles. The van der Waals surface area contributed by atoms with Crippen LogP contribution in [0.3, 0.4) is 0 Å². The highest BCUT2D eigenvalue weighted by molar-refractivity contribution is 5.84. The first kappa shape index (κ1) is 13.2. The minimum atomic E-state index is -0.457. The Kier molecular flexibility index (Phi) is 5.13. The summed E-state index contributed by atoms with van der Waals surface area (Å²) in [5, 5.41) is 11.6. The summed E-state index contributed by atoms with van der Waals surface area (Å²) in [6.45, 7) is 4.35. The van der Waals surface area contributed by atoms with Crippen molar-refractivity contribution >= 4 is 5.84 Å². The number of hydrogen-bond acceptors (Lipinski definition) is 4. The van der Waals surface area contributed by atoms with Crippen LogP contribution in [0.1, 0.15) is 20.3 Å². The van der Waals surface area contributed by atoms with Crippen molar-refractivity contribution in [2.75, 3.05) is 6.61 Å². The lowest BCUT2D eigenvalue weighted by Crippen LogP contribution is -2.33. The second-order valence-electron chi connectivity index (χ2n) is 3.42. The van der Waals surface area contributed by atoms with Gasteiger partial charge in [0.15, 0.2) is 23.4 Å². The van der Waals surface area contributed by atoms with E-state index in [1.807, 2.05) is 32.0 Å². The Morgan fingerprint density at radius 2 is 2.00 bits per heavy atom. The van der Waals surface area contributed by atoms with E-state index < -0.39 is 6.10 Å². The second kappa shape index (κ2) is 6.62. The number of nitrogens with two attached hydrogens (primary N) is 1. The highest BCUT2D eigenvalue weighted by Crippen LogP contribution is 2.27. The van der Waals surface area contributed by atoms with Crippen molar-refractivity contribution in [3.05, 3.63) is 24.3 Å². The van der Waals surface area contributed by atoms with Gasteiger partial charge in [-0.05, 0) is 25.5 Å². The van der Waals surface area contributed by atoms with Crippen molar-refractivity contribution in [1.29, 1.82) is 0 Å². The predicted octanol–water partition coefficient (Wildman–Crippen LogP) is 1.99. The minimum absolute atomic E-state index is 0.0544. The van der Waals surface area contributed by atoms with E-state index in [1.165, 1.54) is 0 Å². The number of para-hydroxylation sites is 2. The monoisotopic (exact) mass is 238 g/mol. The quantitative estimate of drug-likeness (QED) is 0.344. The SMILES string of the molecule is CCOc1ccccc1OC(CC)C(N)=NO. The van der Waals surface area contributed by atoms with Crippen molar-refractivity contribution in [3.8, 4) is 11.5 Å². The molecule has 0 aliphatic heterocycles. The first-order valence-corrected chi connectivity index (χ1v) is 5.58. The van der Waals surface area contributed by atoms with Gasteiger partial charge in [0, 0.05) is 0 Å².